The molecule has 0 aliphatic carbocycles. The van der Waals surface area contributed by atoms with Gasteiger partial charge < -0.3 is 24.4 Å². The van der Waals surface area contributed by atoms with Gasteiger partial charge in [-0.2, -0.15) is 0 Å². The molecule has 8 heteroatoms. The van der Waals surface area contributed by atoms with Gasteiger partial charge in [-0.05, 0) is 24.3 Å². The van der Waals surface area contributed by atoms with E-state index in [9.17, 15) is 14.0 Å². The van der Waals surface area contributed by atoms with E-state index in [0.717, 1.165) is 0 Å². The number of benzene rings is 2. The van der Waals surface area contributed by atoms with Crippen LogP contribution < -0.4 is 19.7 Å². The standard InChI is InChI=1S/C23H19FN2O5/c24-14-3-1-2-4-15(14)26-12-23-8-7-17(31-23)19(20(23)22(26)28)21(27)25-13-5-6-16-18(11-13)30-10-9-29-16/h1-8,11,17,19-20H,9-10,12H2,(H,25,27). The highest BCUT2D eigenvalue weighted by molar-refractivity contribution is 6.05. The highest BCUT2D eigenvalue weighted by Gasteiger charge is 2.67. The Hall–Kier alpha value is -3.39. The third-order valence-corrected chi connectivity index (χ3v) is 6.36. The van der Waals surface area contributed by atoms with E-state index in [-0.39, 0.29) is 24.0 Å². The van der Waals surface area contributed by atoms with Crippen LogP contribution >= 0.6 is 0 Å². The Morgan fingerprint density at radius 1 is 1.13 bits per heavy atom. The summed E-state index contributed by atoms with van der Waals surface area (Å²) in [4.78, 5) is 27.9. The minimum atomic E-state index is -0.918. The summed E-state index contributed by atoms with van der Waals surface area (Å²) in [5, 5.41) is 2.88. The van der Waals surface area contributed by atoms with Gasteiger partial charge in [0, 0.05) is 11.8 Å². The minimum Gasteiger partial charge on any atom is -0.486 e. The number of carbonyl (C=O) groups excluding carboxylic acids is 2. The molecule has 0 saturated carbocycles. The molecule has 2 aromatic rings. The number of fused-ring (bicyclic) bond motifs is 2. The van der Waals surface area contributed by atoms with Gasteiger partial charge in [0.05, 0.1) is 30.2 Å². The van der Waals surface area contributed by atoms with Gasteiger partial charge in [-0.3, -0.25) is 9.59 Å². The first-order valence-corrected chi connectivity index (χ1v) is 10.2. The third-order valence-electron chi connectivity index (χ3n) is 6.36. The molecule has 4 aliphatic rings. The Balaban J connectivity index is 1.28. The average Bonchev–Trinajstić information content (AvgIpc) is 3.42. The van der Waals surface area contributed by atoms with Crippen molar-refractivity contribution in [2.45, 2.75) is 11.7 Å². The van der Waals surface area contributed by atoms with Crippen molar-refractivity contribution >= 4 is 23.2 Å². The van der Waals surface area contributed by atoms with Crippen LogP contribution in [-0.2, 0) is 14.3 Å². The molecule has 2 bridgehead atoms. The van der Waals surface area contributed by atoms with E-state index < -0.39 is 29.4 Å². The van der Waals surface area contributed by atoms with Crippen molar-refractivity contribution < 1.29 is 28.2 Å². The van der Waals surface area contributed by atoms with E-state index in [4.69, 9.17) is 14.2 Å². The predicted molar refractivity (Wildman–Crippen MR) is 109 cm³/mol. The summed E-state index contributed by atoms with van der Waals surface area (Å²) in [7, 11) is 0. The van der Waals surface area contributed by atoms with E-state index in [0.29, 0.717) is 30.4 Å². The van der Waals surface area contributed by atoms with Gasteiger partial charge in [0.15, 0.2) is 11.5 Å². The van der Waals surface area contributed by atoms with Crippen molar-refractivity contribution in [3.05, 3.63) is 60.4 Å². The highest BCUT2D eigenvalue weighted by Crippen LogP contribution is 2.53. The van der Waals surface area contributed by atoms with Crippen LogP contribution in [0, 0.1) is 17.7 Å². The lowest BCUT2D eigenvalue weighted by Gasteiger charge is -2.24. The number of ether oxygens (including phenoxy) is 3. The second-order valence-electron chi connectivity index (χ2n) is 8.12. The second kappa shape index (κ2) is 6.55. The molecule has 31 heavy (non-hydrogen) atoms. The molecular formula is C23H19FN2O5. The first kappa shape index (κ1) is 18.4. The van der Waals surface area contributed by atoms with Crippen molar-refractivity contribution in [1.82, 2.24) is 0 Å². The van der Waals surface area contributed by atoms with Crippen LogP contribution in [0.2, 0.25) is 0 Å². The van der Waals surface area contributed by atoms with Gasteiger partial charge in [-0.25, -0.2) is 4.39 Å². The fraction of sp³-hybridized carbons (Fsp3) is 0.304. The van der Waals surface area contributed by atoms with E-state index >= 15 is 0 Å². The van der Waals surface area contributed by atoms with E-state index in [1.165, 1.54) is 11.0 Å². The fourth-order valence-electron chi connectivity index (χ4n) is 5.02. The molecule has 1 N–H and O–H groups in total. The number of amides is 2. The van der Waals surface area contributed by atoms with E-state index in [1.807, 2.05) is 12.2 Å². The Morgan fingerprint density at radius 3 is 2.77 bits per heavy atom. The molecule has 1 spiro atoms. The lowest BCUT2D eigenvalue weighted by Crippen LogP contribution is -2.41. The molecule has 0 radical (unpaired) electrons. The zero-order chi connectivity index (χ0) is 21.2. The number of anilines is 2. The zero-order valence-corrected chi connectivity index (χ0v) is 16.4. The number of halogens is 1. The summed E-state index contributed by atoms with van der Waals surface area (Å²) in [6.07, 6.45) is 3.17. The summed E-state index contributed by atoms with van der Waals surface area (Å²) in [6, 6.07) is 11.3. The second-order valence-corrected chi connectivity index (χ2v) is 8.12. The first-order chi connectivity index (χ1) is 15.1. The van der Waals surface area contributed by atoms with Crippen molar-refractivity contribution in [3.63, 3.8) is 0 Å². The van der Waals surface area contributed by atoms with Crippen LogP contribution in [0.3, 0.4) is 0 Å². The summed E-state index contributed by atoms with van der Waals surface area (Å²) in [5.41, 5.74) is -0.173. The smallest absolute Gasteiger partial charge is 0.234 e. The molecule has 4 aliphatic heterocycles. The lowest BCUT2D eigenvalue weighted by molar-refractivity contribution is -0.128. The molecule has 0 aromatic heterocycles. The SMILES string of the molecule is O=C(Nc1ccc2c(c1)OCCO2)C1C2C=CC3(CN(c4ccccc4F)C(=O)C13)O2. The summed E-state index contributed by atoms with van der Waals surface area (Å²) >= 11 is 0. The largest absolute Gasteiger partial charge is 0.486 e. The Labute approximate surface area is 177 Å². The Bertz CT molecular complexity index is 1130. The average molecular weight is 422 g/mol. The summed E-state index contributed by atoms with van der Waals surface area (Å²) in [5.74, 6) is -1.33. The number of para-hydroxylation sites is 1. The maximum absolute atomic E-state index is 14.4. The zero-order valence-electron chi connectivity index (χ0n) is 16.4. The lowest BCUT2D eigenvalue weighted by atomic mass is 9.77. The van der Waals surface area contributed by atoms with E-state index in [2.05, 4.69) is 5.32 Å². The molecule has 4 unspecified atom stereocenters. The molecule has 2 fully saturated rings. The van der Waals surface area contributed by atoms with Crippen LogP contribution in [0.25, 0.3) is 0 Å². The quantitative estimate of drug-likeness (QED) is 0.770. The number of nitrogens with one attached hydrogen (secondary N) is 1. The molecular weight excluding hydrogens is 403 g/mol. The molecule has 158 valence electrons. The van der Waals surface area contributed by atoms with Crippen LogP contribution in [0.5, 0.6) is 11.5 Å². The van der Waals surface area contributed by atoms with Crippen LogP contribution in [-0.4, -0.2) is 43.3 Å². The van der Waals surface area contributed by atoms with Gasteiger partial charge in [0.1, 0.15) is 24.6 Å². The van der Waals surface area contributed by atoms with Gasteiger partial charge in [-0.1, -0.05) is 24.3 Å². The van der Waals surface area contributed by atoms with Crippen molar-refractivity contribution in [3.8, 4) is 11.5 Å². The number of hydrogen-bond acceptors (Lipinski definition) is 5. The molecule has 2 saturated heterocycles. The molecule has 7 nitrogen and oxygen atoms in total. The van der Waals surface area contributed by atoms with Gasteiger partial charge in [-0.15, -0.1) is 0 Å². The van der Waals surface area contributed by atoms with Gasteiger partial charge in [0.2, 0.25) is 11.8 Å². The summed E-state index contributed by atoms with van der Waals surface area (Å²) in [6.45, 7) is 1.10. The first-order valence-electron chi connectivity index (χ1n) is 10.2. The van der Waals surface area contributed by atoms with Crippen LogP contribution in [0.4, 0.5) is 15.8 Å². The number of hydrogen-bond donors (Lipinski definition) is 1. The number of nitrogens with zero attached hydrogens (tertiary/aromatic N) is 1. The Morgan fingerprint density at radius 2 is 1.94 bits per heavy atom. The van der Waals surface area contributed by atoms with Crippen LogP contribution in [0.15, 0.2) is 54.6 Å². The van der Waals surface area contributed by atoms with Crippen molar-refractivity contribution in [2.24, 2.45) is 11.8 Å². The normalized spacial score (nSPS) is 29.9. The number of carbonyl (C=O) groups is 2. The Kier molecular flexibility index (Phi) is 3.89. The van der Waals surface area contributed by atoms with Crippen molar-refractivity contribution in [1.29, 1.82) is 0 Å². The maximum atomic E-state index is 14.4. The number of rotatable bonds is 3. The minimum absolute atomic E-state index is 0.179. The maximum Gasteiger partial charge on any atom is 0.234 e. The topological polar surface area (TPSA) is 77.1 Å². The highest BCUT2D eigenvalue weighted by atomic mass is 19.1. The van der Waals surface area contributed by atoms with Crippen LogP contribution in [0.1, 0.15) is 0 Å². The fourth-order valence-corrected chi connectivity index (χ4v) is 5.02. The van der Waals surface area contributed by atoms with E-state index in [1.54, 1.807) is 36.4 Å². The van der Waals surface area contributed by atoms with Gasteiger partial charge in [0.25, 0.3) is 0 Å². The predicted octanol–water partition coefficient (Wildman–Crippen LogP) is 2.52. The molecule has 6 rings (SSSR count). The van der Waals surface area contributed by atoms with Crippen molar-refractivity contribution in [2.75, 3.05) is 30.0 Å². The molecule has 4 atom stereocenters. The molecule has 2 amide bonds. The van der Waals surface area contributed by atoms with Gasteiger partial charge >= 0.3 is 0 Å². The third kappa shape index (κ3) is 2.68. The summed E-state index contributed by atoms with van der Waals surface area (Å²) < 4.78 is 31.5. The molecule has 2 aromatic carbocycles. The molecule has 4 heterocycles. The monoisotopic (exact) mass is 422 g/mol.